The molecule has 0 saturated heterocycles. The van der Waals surface area contributed by atoms with E-state index in [1.54, 1.807) is 0 Å². The molecule has 4 atom stereocenters. The molecule has 5 heteroatoms. The molecule has 0 radical (unpaired) electrons. The Morgan fingerprint density at radius 2 is 2.00 bits per heavy atom. The summed E-state index contributed by atoms with van der Waals surface area (Å²) in [6.07, 6.45) is 4.77. The molecule has 4 unspecified atom stereocenters. The number of rotatable bonds is 9. The number of thiocarbonyl (C=S) groups is 1. The average Bonchev–Trinajstić information content (AvgIpc) is 2.50. The largest absolute Gasteiger partial charge is 0.481 e. The lowest BCUT2D eigenvalue weighted by molar-refractivity contribution is -0.130. The van der Waals surface area contributed by atoms with Crippen LogP contribution >= 0.6 is 12.2 Å². The number of aliphatic hydroxyl groups is 1. The Labute approximate surface area is 152 Å². The van der Waals surface area contributed by atoms with Gasteiger partial charge in [0.1, 0.15) is 6.61 Å². The molecule has 0 amide bonds. The molecule has 1 aliphatic rings. The van der Waals surface area contributed by atoms with Gasteiger partial charge in [-0.2, -0.15) is 0 Å². The van der Waals surface area contributed by atoms with E-state index in [9.17, 15) is 9.90 Å². The summed E-state index contributed by atoms with van der Waals surface area (Å²) in [5.74, 6) is 1.52. The highest BCUT2D eigenvalue weighted by Crippen LogP contribution is 2.35. The summed E-state index contributed by atoms with van der Waals surface area (Å²) in [6, 6.07) is 0. The van der Waals surface area contributed by atoms with Crippen LogP contribution in [-0.4, -0.2) is 40.9 Å². The van der Waals surface area contributed by atoms with Crippen molar-refractivity contribution in [2.24, 2.45) is 17.8 Å². The second-order valence-electron chi connectivity index (χ2n) is 7.54. The molecule has 0 bridgehead atoms. The van der Waals surface area contributed by atoms with Crippen LogP contribution in [0, 0.1) is 17.8 Å². The molecule has 4 nitrogen and oxygen atoms in total. The third kappa shape index (κ3) is 5.78. The minimum atomic E-state index is -1.65. The maximum Gasteiger partial charge on any atom is 0.199 e. The van der Waals surface area contributed by atoms with E-state index in [1.807, 2.05) is 6.92 Å². The van der Waals surface area contributed by atoms with E-state index in [2.05, 4.69) is 20.8 Å². The molecule has 0 aromatic rings. The fourth-order valence-electron chi connectivity index (χ4n) is 3.54. The summed E-state index contributed by atoms with van der Waals surface area (Å²) in [6.45, 7) is 10.7. The maximum atomic E-state index is 11.7. The van der Waals surface area contributed by atoms with Gasteiger partial charge in [0.05, 0.1) is 12.7 Å². The first-order valence-electron chi connectivity index (χ1n) is 9.24. The Morgan fingerprint density at radius 3 is 2.54 bits per heavy atom. The highest BCUT2D eigenvalue weighted by Gasteiger charge is 2.38. The summed E-state index contributed by atoms with van der Waals surface area (Å²) in [5, 5.41) is 10.4. The quantitative estimate of drug-likeness (QED) is 0.500. The predicted octanol–water partition coefficient (Wildman–Crippen LogP) is 3.93. The van der Waals surface area contributed by atoms with Crippen LogP contribution in [-0.2, 0) is 14.3 Å². The lowest BCUT2D eigenvalue weighted by Crippen LogP contribution is -2.46. The fraction of sp³-hybridized carbons (Fsp3) is 0.895. The minimum Gasteiger partial charge on any atom is -0.481 e. The SMILES string of the molecule is CCCC(O)(C(C)=O)C(=S)OCCOC1CC(C)CCC1C(C)C. The normalized spacial score (nSPS) is 26.9. The Balaban J connectivity index is 2.46. The van der Waals surface area contributed by atoms with E-state index in [0.29, 0.717) is 30.8 Å². The van der Waals surface area contributed by atoms with Gasteiger partial charge in [0, 0.05) is 0 Å². The molecule has 140 valence electrons. The number of hydrogen-bond acceptors (Lipinski definition) is 5. The molecular weight excluding hydrogens is 324 g/mol. The van der Waals surface area contributed by atoms with Crippen molar-refractivity contribution in [3.05, 3.63) is 0 Å². The van der Waals surface area contributed by atoms with Crippen LogP contribution < -0.4 is 0 Å². The molecule has 1 fully saturated rings. The van der Waals surface area contributed by atoms with Crippen LogP contribution in [0.2, 0.25) is 0 Å². The number of hydrogen-bond donors (Lipinski definition) is 1. The number of carbonyl (C=O) groups is 1. The highest BCUT2D eigenvalue weighted by atomic mass is 32.1. The molecule has 1 saturated carbocycles. The van der Waals surface area contributed by atoms with Crippen molar-refractivity contribution in [3.8, 4) is 0 Å². The smallest absolute Gasteiger partial charge is 0.199 e. The fourth-order valence-corrected chi connectivity index (χ4v) is 3.87. The van der Waals surface area contributed by atoms with Crippen molar-refractivity contribution in [1.29, 1.82) is 0 Å². The summed E-state index contributed by atoms with van der Waals surface area (Å²) >= 11 is 5.14. The van der Waals surface area contributed by atoms with Gasteiger partial charge in [-0.3, -0.25) is 4.79 Å². The Bertz CT molecular complexity index is 424. The standard InChI is InChI=1S/C19H34O4S/c1-6-9-19(21,15(5)20)18(24)23-11-10-22-17-12-14(4)7-8-16(17)13(2)3/h13-14,16-17,21H,6-12H2,1-5H3. The molecule has 0 aliphatic heterocycles. The molecule has 0 aromatic heterocycles. The monoisotopic (exact) mass is 358 g/mol. The first-order valence-corrected chi connectivity index (χ1v) is 9.65. The highest BCUT2D eigenvalue weighted by molar-refractivity contribution is 7.80. The lowest BCUT2D eigenvalue weighted by Gasteiger charge is -2.37. The third-order valence-electron chi connectivity index (χ3n) is 5.14. The molecule has 0 aromatic carbocycles. The summed E-state index contributed by atoms with van der Waals surface area (Å²) in [7, 11) is 0. The lowest BCUT2D eigenvalue weighted by atomic mass is 9.75. The van der Waals surface area contributed by atoms with Gasteiger partial charge in [0.2, 0.25) is 0 Å². The summed E-state index contributed by atoms with van der Waals surface area (Å²) in [5.41, 5.74) is -1.65. The van der Waals surface area contributed by atoms with Crippen LogP contribution in [0.5, 0.6) is 0 Å². The van der Waals surface area contributed by atoms with Gasteiger partial charge >= 0.3 is 0 Å². The zero-order chi connectivity index (χ0) is 18.3. The summed E-state index contributed by atoms with van der Waals surface area (Å²) < 4.78 is 11.5. The molecular formula is C19H34O4S. The van der Waals surface area contributed by atoms with Crippen molar-refractivity contribution in [3.63, 3.8) is 0 Å². The van der Waals surface area contributed by atoms with Crippen molar-refractivity contribution in [2.45, 2.75) is 78.4 Å². The number of ketones is 1. The van der Waals surface area contributed by atoms with Gasteiger partial charge in [0.25, 0.3) is 0 Å². The molecule has 1 rings (SSSR count). The van der Waals surface area contributed by atoms with Crippen molar-refractivity contribution in [1.82, 2.24) is 0 Å². The summed E-state index contributed by atoms with van der Waals surface area (Å²) in [4.78, 5) is 11.7. The maximum absolute atomic E-state index is 11.7. The van der Waals surface area contributed by atoms with Crippen LogP contribution in [0.15, 0.2) is 0 Å². The first kappa shape index (κ1) is 21.5. The van der Waals surface area contributed by atoms with Gasteiger partial charge in [-0.25, -0.2) is 0 Å². The van der Waals surface area contributed by atoms with E-state index < -0.39 is 5.60 Å². The number of carbonyl (C=O) groups excluding carboxylic acids is 1. The van der Waals surface area contributed by atoms with E-state index in [1.165, 1.54) is 19.8 Å². The average molecular weight is 359 g/mol. The van der Waals surface area contributed by atoms with Gasteiger partial charge < -0.3 is 14.6 Å². The van der Waals surface area contributed by atoms with Gasteiger partial charge in [-0.05, 0) is 56.2 Å². The van der Waals surface area contributed by atoms with E-state index in [0.717, 1.165) is 6.42 Å². The molecule has 0 spiro atoms. The van der Waals surface area contributed by atoms with Crippen molar-refractivity contribution >= 4 is 23.1 Å². The Kier molecular flexibility index (Phi) is 8.82. The molecule has 0 heterocycles. The van der Waals surface area contributed by atoms with Crippen molar-refractivity contribution < 1.29 is 19.4 Å². The van der Waals surface area contributed by atoms with E-state index in [4.69, 9.17) is 21.7 Å². The van der Waals surface area contributed by atoms with E-state index in [-0.39, 0.29) is 30.0 Å². The van der Waals surface area contributed by atoms with Crippen LogP contribution in [0.4, 0.5) is 0 Å². The molecule has 1 N–H and O–H groups in total. The van der Waals surface area contributed by atoms with Crippen molar-refractivity contribution in [2.75, 3.05) is 13.2 Å². The van der Waals surface area contributed by atoms with Crippen LogP contribution in [0.1, 0.15) is 66.7 Å². The minimum absolute atomic E-state index is 0.0297. The van der Waals surface area contributed by atoms with Crippen LogP contribution in [0.3, 0.4) is 0 Å². The van der Waals surface area contributed by atoms with Gasteiger partial charge in [0.15, 0.2) is 16.4 Å². The Hall–Kier alpha value is -0.520. The zero-order valence-corrected chi connectivity index (χ0v) is 16.7. The number of ether oxygens (including phenoxy) is 2. The second-order valence-corrected chi connectivity index (χ2v) is 7.91. The first-order chi connectivity index (χ1) is 11.2. The van der Waals surface area contributed by atoms with Crippen LogP contribution in [0.25, 0.3) is 0 Å². The molecule has 24 heavy (non-hydrogen) atoms. The van der Waals surface area contributed by atoms with Gasteiger partial charge in [-0.1, -0.05) is 40.5 Å². The topological polar surface area (TPSA) is 55.8 Å². The van der Waals surface area contributed by atoms with Gasteiger partial charge in [-0.15, -0.1) is 0 Å². The zero-order valence-electron chi connectivity index (χ0n) is 15.8. The second kappa shape index (κ2) is 9.83. The van der Waals surface area contributed by atoms with E-state index >= 15 is 0 Å². The predicted molar refractivity (Wildman–Crippen MR) is 100 cm³/mol. The molecule has 1 aliphatic carbocycles. The number of Topliss-reactive ketones (excluding diaryl/α,β-unsaturated/α-hetero) is 1. The third-order valence-corrected chi connectivity index (χ3v) is 5.60. The Morgan fingerprint density at radius 1 is 1.33 bits per heavy atom.